The Balaban J connectivity index is 1.64. The zero-order valence-electron chi connectivity index (χ0n) is 18.3. The Hall–Kier alpha value is -3.76. The van der Waals surface area contributed by atoms with E-state index >= 15 is 0 Å². The molecule has 1 unspecified atom stereocenters. The van der Waals surface area contributed by atoms with Gasteiger partial charge in [0.15, 0.2) is 5.82 Å². The van der Waals surface area contributed by atoms with Gasteiger partial charge in [0.05, 0.1) is 24.6 Å². The van der Waals surface area contributed by atoms with E-state index in [1.165, 1.54) is 6.33 Å². The zero-order chi connectivity index (χ0) is 23.6. The number of hydrogen-bond acceptors (Lipinski definition) is 8. The smallest absolute Gasteiger partial charge is 0.251 e. The van der Waals surface area contributed by atoms with Crippen molar-refractivity contribution < 1.29 is 9.35 Å². The second-order valence-corrected chi connectivity index (χ2v) is 8.70. The Labute approximate surface area is 195 Å². The van der Waals surface area contributed by atoms with Crippen LogP contribution in [0.5, 0.6) is 0 Å². The third-order valence-electron chi connectivity index (χ3n) is 4.54. The molecule has 0 saturated heterocycles. The number of carbonyl (C=O) groups excluding carboxylic acids is 1. The summed E-state index contributed by atoms with van der Waals surface area (Å²) in [6, 6.07) is 14.8. The summed E-state index contributed by atoms with van der Waals surface area (Å²) in [6.07, 6.45) is 5.75. The van der Waals surface area contributed by atoms with Crippen LogP contribution in [0.4, 0.5) is 17.3 Å². The van der Waals surface area contributed by atoms with Crippen LogP contribution in [0, 0.1) is 12.3 Å². The first-order chi connectivity index (χ1) is 16.0. The lowest BCUT2D eigenvalue weighted by Crippen LogP contribution is -2.28. The van der Waals surface area contributed by atoms with Gasteiger partial charge in [-0.25, -0.2) is 9.97 Å². The lowest BCUT2D eigenvalue weighted by molar-refractivity contribution is 0.0956. The van der Waals surface area contributed by atoms with Crippen LogP contribution in [0.3, 0.4) is 0 Å². The molecule has 1 heterocycles. The Bertz CT molecular complexity index is 1130. The highest BCUT2D eigenvalue weighted by molar-refractivity contribution is 7.90. The number of amides is 1. The van der Waals surface area contributed by atoms with Gasteiger partial charge in [0, 0.05) is 17.5 Å². The Morgan fingerprint density at radius 1 is 1.18 bits per heavy atom. The van der Waals surface area contributed by atoms with E-state index in [4.69, 9.17) is 5.41 Å². The molecule has 2 aromatic carbocycles. The quantitative estimate of drug-likeness (QED) is 0.207. The molecule has 0 radical (unpaired) electrons. The van der Waals surface area contributed by atoms with E-state index in [0.717, 1.165) is 23.0 Å². The SMILES string of the molecule is Cc1cccc(Nc2ncnc(N/N=C/c3ccc(C(=O)NCC[S+](C)[O-])cc3)c2C=N)c1. The molecule has 3 aromatic rings. The minimum atomic E-state index is -0.943. The molecule has 1 amide bonds. The van der Waals surface area contributed by atoms with Gasteiger partial charge in [-0.15, -0.1) is 0 Å². The summed E-state index contributed by atoms with van der Waals surface area (Å²) in [5, 5.41) is 17.9. The molecule has 33 heavy (non-hydrogen) atoms. The van der Waals surface area contributed by atoms with Crippen molar-refractivity contribution in [2.45, 2.75) is 6.92 Å². The summed E-state index contributed by atoms with van der Waals surface area (Å²) >= 11 is -0.943. The largest absolute Gasteiger partial charge is 0.617 e. The first-order valence-corrected chi connectivity index (χ1v) is 11.9. The number of anilines is 3. The molecule has 0 aliphatic carbocycles. The van der Waals surface area contributed by atoms with E-state index in [1.54, 1.807) is 36.7 Å². The molecule has 0 spiro atoms. The van der Waals surface area contributed by atoms with Gasteiger partial charge in [-0.05, 0) is 42.3 Å². The fourth-order valence-corrected chi connectivity index (χ4v) is 3.27. The van der Waals surface area contributed by atoms with E-state index in [9.17, 15) is 9.35 Å². The average molecular weight is 464 g/mol. The predicted molar refractivity (Wildman–Crippen MR) is 133 cm³/mol. The average Bonchev–Trinajstić information content (AvgIpc) is 2.79. The molecule has 0 aliphatic rings. The first kappa shape index (κ1) is 23.9. The Morgan fingerprint density at radius 3 is 2.64 bits per heavy atom. The van der Waals surface area contributed by atoms with Crippen molar-refractivity contribution in [2.24, 2.45) is 5.10 Å². The molecular weight excluding hydrogens is 438 g/mol. The number of aromatic nitrogens is 2. The summed E-state index contributed by atoms with van der Waals surface area (Å²) < 4.78 is 11.1. The van der Waals surface area contributed by atoms with Gasteiger partial charge in [0.25, 0.3) is 5.91 Å². The highest BCUT2D eigenvalue weighted by atomic mass is 32.2. The Morgan fingerprint density at radius 2 is 1.94 bits per heavy atom. The number of nitrogens with one attached hydrogen (secondary N) is 4. The third-order valence-corrected chi connectivity index (χ3v) is 5.32. The van der Waals surface area contributed by atoms with Crippen molar-refractivity contribution in [1.82, 2.24) is 15.3 Å². The molecule has 0 aliphatic heterocycles. The summed E-state index contributed by atoms with van der Waals surface area (Å²) in [5.74, 6) is 1.08. The van der Waals surface area contributed by atoms with E-state index in [0.29, 0.717) is 35.1 Å². The maximum Gasteiger partial charge on any atom is 0.251 e. The number of hydrazone groups is 1. The van der Waals surface area contributed by atoms with Crippen LogP contribution in [-0.2, 0) is 11.2 Å². The van der Waals surface area contributed by atoms with Crippen molar-refractivity contribution in [2.75, 3.05) is 29.3 Å². The van der Waals surface area contributed by atoms with Crippen LogP contribution in [-0.4, -0.2) is 51.4 Å². The molecule has 1 aromatic heterocycles. The Kier molecular flexibility index (Phi) is 8.50. The second kappa shape index (κ2) is 11.7. The normalized spacial score (nSPS) is 11.7. The first-order valence-electron chi connectivity index (χ1n) is 10.1. The number of hydrogen-bond donors (Lipinski definition) is 4. The van der Waals surface area contributed by atoms with Crippen molar-refractivity contribution in [3.05, 3.63) is 77.1 Å². The molecule has 9 nitrogen and oxygen atoms in total. The lowest BCUT2D eigenvalue weighted by Gasteiger charge is -2.11. The van der Waals surface area contributed by atoms with Crippen LogP contribution >= 0.6 is 0 Å². The number of rotatable bonds is 10. The topological polar surface area (TPSA) is 138 Å². The van der Waals surface area contributed by atoms with Crippen molar-refractivity contribution >= 4 is 46.8 Å². The molecule has 0 bridgehead atoms. The molecule has 0 fully saturated rings. The zero-order valence-corrected chi connectivity index (χ0v) is 19.1. The van der Waals surface area contributed by atoms with Crippen LogP contribution < -0.4 is 16.1 Å². The maximum atomic E-state index is 12.1. The molecule has 170 valence electrons. The predicted octanol–water partition coefficient (Wildman–Crippen LogP) is 3.08. The number of aryl methyl sites for hydroxylation is 1. The molecule has 0 saturated carbocycles. The third kappa shape index (κ3) is 7.13. The van der Waals surface area contributed by atoms with Crippen molar-refractivity contribution in [1.29, 1.82) is 5.41 Å². The standard InChI is InChI=1S/C23H25N7O2S/c1-16-4-3-5-19(12-16)29-21-20(13-24)22(27-15-26-21)30-28-14-17-6-8-18(9-7-17)23(31)25-10-11-33(2)32/h3-9,12-15,24H,10-11H2,1-2H3,(H,25,31)(H2,26,27,29,30)/b24-13?,28-14+. The molecule has 3 rings (SSSR count). The van der Waals surface area contributed by atoms with Gasteiger partial charge in [-0.3, -0.25) is 10.2 Å². The van der Waals surface area contributed by atoms with Crippen LogP contribution in [0.25, 0.3) is 0 Å². The molecular formula is C23H25N7O2S. The monoisotopic (exact) mass is 463 g/mol. The second-order valence-electron chi connectivity index (χ2n) is 7.15. The van der Waals surface area contributed by atoms with Crippen molar-refractivity contribution in [3.63, 3.8) is 0 Å². The van der Waals surface area contributed by atoms with Crippen LogP contribution in [0.15, 0.2) is 60.0 Å². The summed E-state index contributed by atoms with van der Waals surface area (Å²) in [4.78, 5) is 20.5. The summed E-state index contributed by atoms with van der Waals surface area (Å²) in [7, 11) is 0. The summed E-state index contributed by atoms with van der Waals surface area (Å²) in [5.41, 5.74) is 6.56. The van der Waals surface area contributed by atoms with E-state index in [1.807, 2.05) is 31.2 Å². The number of nitrogens with zero attached hydrogens (tertiary/aromatic N) is 3. The van der Waals surface area contributed by atoms with E-state index in [2.05, 4.69) is 31.1 Å². The van der Waals surface area contributed by atoms with Gasteiger partial charge >= 0.3 is 0 Å². The van der Waals surface area contributed by atoms with Gasteiger partial charge in [0.2, 0.25) is 0 Å². The molecule has 1 atom stereocenters. The number of carbonyl (C=O) groups is 1. The highest BCUT2D eigenvalue weighted by Gasteiger charge is 2.10. The minimum Gasteiger partial charge on any atom is -0.617 e. The van der Waals surface area contributed by atoms with Crippen LogP contribution in [0.2, 0.25) is 0 Å². The van der Waals surface area contributed by atoms with E-state index < -0.39 is 11.2 Å². The molecule has 10 heteroatoms. The van der Waals surface area contributed by atoms with Gasteiger partial charge in [0.1, 0.15) is 17.9 Å². The van der Waals surface area contributed by atoms with E-state index in [-0.39, 0.29) is 5.91 Å². The molecule has 4 N–H and O–H groups in total. The fraction of sp³-hybridized carbons (Fsp3) is 0.174. The van der Waals surface area contributed by atoms with Crippen LogP contribution in [0.1, 0.15) is 27.0 Å². The lowest BCUT2D eigenvalue weighted by atomic mass is 10.1. The van der Waals surface area contributed by atoms with Gasteiger partial charge in [-0.2, -0.15) is 5.10 Å². The number of benzene rings is 2. The fourth-order valence-electron chi connectivity index (χ4n) is 2.88. The maximum absolute atomic E-state index is 12.1. The van der Waals surface area contributed by atoms with Gasteiger partial charge < -0.3 is 20.6 Å². The summed E-state index contributed by atoms with van der Waals surface area (Å²) in [6.45, 7) is 2.36. The van der Waals surface area contributed by atoms with Gasteiger partial charge in [-0.1, -0.05) is 35.4 Å². The highest BCUT2D eigenvalue weighted by Crippen LogP contribution is 2.22. The minimum absolute atomic E-state index is 0.215. The van der Waals surface area contributed by atoms with Crippen molar-refractivity contribution in [3.8, 4) is 0 Å².